The van der Waals surface area contributed by atoms with Crippen molar-refractivity contribution < 1.29 is 19.4 Å². The highest BCUT2D eigenvalue weighted by Gasteiger charge is 2.26. The number of rotatable bonds is 14. The van der Waals surface area contributed by atoms with Gasteiger partial charge in [-0.3, -0.25) is 14.5 Å². The van der Waals surface area contributed by atoms with Gasteiger partial charge in [0, 0.05) is 24.9 Å². The summed E-state index contributed by atoms with van der Waals surface area (Å²) in [4.78, 5) is 30.2. The van der Waals surface area contributed by atoms with E-state index in [0.717, 1.165) is 53.0 Å². The number of unbranched alkanes of at least 4 members (excludes halogenated alkanes) is 1. The number of imidazole rings is 1. The summed E-state index contributed by atoms with van der Waals surface area (Å²) in [6, 6.07) is 15.2. The van der Waals surface area contributed by atoms with Crippen LogP contribution < -0.4 is 0 Å². The Morgan fingerprint density at radius 1 is 1.12 bits per heavy atom. The number of tetrazole rings is 1. The van der Waals surface area contributed by atoms with Crippen LogP contribution in [-0.4, -0.2) is 78.4 Å². The smallest absolute Gasteiger partial charge is 0.321 e. The van der Waals surface area contributed by atoms with E-state index in [9.17, 15) is 14.7 Å². The predicted octanol–water partition coefficient (Wildman–Crippen LogP) is 4.65. The van der Waals surface area contributed by atoms with Gasteiger partial charge in [0.05, 0.1) is 12.1 Å². The fraction of sp³-hybridized carbons (Fsp3) is 0.400. The summed E-state index contributed by atoms with van der Waals surface area (Å²) in [5.74, 6) is -0.243. The minimum Gasteiger partial charge on any atom is -0.480 e. The number of halogens is 1. The van der Waals surface area contributed by atoms with Crippen LogP contribution in [0.5, 0.6) is 0 Å². The standard InChI is InChI=1S/C30H36ClN7O4/c1-5-6-11-26-32-28(31)24(16-19(2)42-27(39)17-25(30(40)41)37(3)4)38(26)18-20-12-14-21(15-13-20)22-9-7-8-10-23(22)29-33-35-36-34-29/h7-10,12-15,19,25H,5-6,11,16-18H2,1-4H3,(H,40,41)(H,33,34,35,36)/t19-,25?/m1/s1. The number of likely N-dealkylation sites (N-methyl/N-ethyl adjacent to an activating group) is 1. The summed E-state index contributed by atoms with van der Waals surface area (Å²) >= 11 is 6.64. The molecule has 2 aromatic heterocycles. The highest BCUT2D eigenvalue weighted by Crippen LogP contribution is 2.30. The average Bonchev–Trinajstić information content (AvgIpc) is 3.60. The number of benzene rings is 2. The maximum absolute atomic E-state index is 12.5. The molecule has 12 heteroatoms. The van der Waals surface area contributed by atoms with Crippen LogP contribution in [0, 0.1) is 0 Å². The summed E-state index contributed by atoms with van der Waals surface area (Å²) in [7, 11) is 3.23. The minimum absolute atomic E-state index is 0.246. The quantitative estimate of drug-likeness (QED) is 0.200. The molecule has 0 saturated carbocycles. The van der Waals surface area contributed by atoms with Crippen LogP contribution in [0.2, 0.25) is 5.15 Å². The molecule has 0 aliphatic rings. The predicted molar refractivity (Wildman–Crippen MR) is 159 cm³/mol. The number of aromatic nitrogens is 6. The molecule has 1 unspecified atom stereocenters. The molecular formula is C30H36ClN7O4. The van der Waals surface area contributed by atoms with Crippen LogP contribution in [0.25, 0.3) is 22.5 Å². The van der Waals surface area contributed by atoms with Gasteiger partial charge in [0.25, 0.3) is 0 Å². The molecule has 11 nitrogen and oxygen atoms in total. The van der Waals surface area contributed by atoms with Crippen molar-refractivity contribution in [3.05, 3.63) is 70.8 Å². The number of hydrogen-bond donors (Lipinski definition) is 2. The number of aryl methyl sites for hydroxylation is 1. The van der Waals surface area contributed by atoms with Gasteiger partial charge in [0.1, 0.15) is 18.0 Å². The number of hydrogen-bond acceptors (Lipinski definition) is 8. The molecule has 2 aromatic carbocycles. The lowest BCUT2D eigenvalue weighted by molar-refractivity contribution is -0.155. The Balaban J connectivity index is 1.54. The van der Waals surface area contributed by atoms with Gasteiger partial charge < -0.3 is 14.4 Å². The van der Waals surface area contributed by atoms with Crippen LogP contribution in [0.4, 0.5) is 0 Å². The molecule has 0 fully saturated rings. The number of carbonyl (C=O) groups excluding carboxylic acids is 1. The number of esters is 1. The van der Waals surface area contributed by atoms with Gasteiger partial charge in [-0.2, -0.15) is 5.21 Å². The van der Waals surface area contributed by atoms with E-state index in [0.29, 0.717) is 23.9 Å². The van der Waals surface area contributed by atoms with Crippen LogP contribution >= 0.6 is 11.6 Å². The first-order valence-electron chi connectivity index (χ1n) is 13.9. The number of carboxylic acid groups (broad SMARTS) is 1. The van der Waals surface area contributed by atoms with Crippen molar-refractivity contribution in [1.29, 1.82) is 0 Å². The lowest BCUT2D eigenvalue weighted by Gasteiger charge is -2.21. The number of ether oxygens (including phenoxy) is 1. The van der Waals surface area contributed by atoms with E-state index in [1.807, 2.05) is 24.3 Å². The maximum Gasteiger partial charge on any atom is 0.321 e. The first kappa shape index (κ1) is 30.9. The van der Waals surface area contributed by atoms with Crippen molar-refractivity contribution in [1.82, 2.24) is 35.1 Å². The SMILES string of the molecule is CCCCc1nc(Cl)c(C[C@@H](C)OC(=O)CC(C(=O)O)N(C)C)n1Cc1ccc(-c2ccccc2-c2nn[nH]n2)cc1. The summed E-state index contributed by atoms with van der Waals surface area (Å²) in [5, 5.41) is 24.2. The molecule has 0 radical (unpaired) electrons. The zero-order valence-electron chi connectivity index (χ0n) is 24.2. The molecule has 4 aromatic rings. The van der Waals surface area contributed by atoms with Crippen molar-refractivity contribution in [3.8, 4) is 22.5 Å². The first-order valence-corrected chi connectivity index (χ1v) is 14.3. The highest BCUT2D eigenvalue weighted by atomic mass is 35.5. The second-order valence-electron chi connectivity index (χ2n) is 10.5. The number of carbonyl (C=O) groups is 2. The zero-order chi connectivity index (χ0) is 30.2. The number of H-pyrrole nitrogens is 1. The lowest BCUT2D eigenvalue weighted by Crippen LogP contribution is -2.38. The summed E-state index contributed by atoms with van der Waals surface area (Å²) < 4.78 is 7.70. The van der Waals surface area contributed by atoms with E-state index in [1.165, 1.54) is 4.90 Å². The third-order valence-corrected chi connectivity index (χ3v) is 7.36. The Labute approximate surface area is 249 Å². The van der Waals surface area contributed by atoms with Crippen molar-refractivity contribution >= 4 is 23.5 Å². The van der Waals surface area contributed by atoms with Crippen LogP contribution in [0.3, 0.4) is 0 Å². The number of carboxylic acids is 1. The summed E-state index contributed by atoms with van der Waals surface area (Å²) in [6.07, 6.45) is 2.32. The average molecular weight is 594 g/mol. The number of nitrogens with zero attached hydrogens (tertiary/aromatic N) is 6. The second kappa shape index (κ2) is 14.2. The summed E-state index contributed by atoms with van der Waals surface area (Å²) in [6.45, 7) is 4.45. The topological polar surface area (TPSA) is 139 Å². The minimum atomic E-state index is -1.07. The molecule has 2 heterocycles. The third kappa shape index (κ3) is 7.59. The van der Waals surface area contributed by atoms with Crippen molar-refractivity contribution in [2.75, 3.05) is 14.1 Å². The van der Waals surface area contributed by atoms with Gasteiger partial charge >= 0.3 is 11.9 Å². The van der Waals surface area contributed by atoms with Gasteiger partial charge in [0.15, 0.2) is 5.15 Å². The Bertz CT molecular complexity index is 1490. The number of aromatic amines is 1. The van der Waals surface area contributed by atoms with Crippen molar-refractivity contribution in [2.45, 2.75) is 64.6 Å². The molecule has 0 aliphatic heterocycles. The van der Waals surface area contributed by atoms with Gasteiger partial charge in [-0.25, -0.2) is 4.98 Å². The van der Waals surface area contributed by atoms with E-state index in [-0.39, 0.29) is 6.42 Å². The molecule has 42 heavy (non-hydrogen) atoms. The van der Waals surface area contributed by atoms with Crippen molar-refractivity contribution in [2.24, 2.45) is 0 Å². The van der Waals surface area contributed by atoms with E-state index < -0.39 is 24.1 Å². The third-order valence-electron chi connectivity index (χ3n) is 7.06. The second-order valence-corrected chi connectivity index (χ2v) is 10.8. The molecule has 0 saturated heterocycles. The lowest BCUT2D eigenvalue weighted by atomic mass is 9.98. The Morgan fingerprint density at radius 2 is 1.83 bits per heavy atom. The molecule has 0 bridgehead atoms. The van der Waals surface area contributed by atoms with E-state index in [4.69, 9.17) is 16.3 Å². The molecule has 2 atom stereocenters. The van der Waals surface area contributed by atoms with Gasteiger partial charge in [-0.1, -0.05) is 73.5 Å². The molecule has 2 N–H and O–H groups in total. The molecule has 4 rings (SSSR count). The van der Waals surface area contributed by atoms with E-state index in [1.54, 1.807) is 21.0 Å². The van der Waals surface area contributed by atoms with Gasteiger partial charge in [0.2, 0.25) is 5.82 Å². The largest absolute Gasteiger partial charge is 0.480 e. The number of nitrogens with one attached hydrogen (secondary N) is 1. The van der Waals surface area contributed by atoms with Gasteiger partial charge in [-0.05, 0) is 49.3 Å². The molecule has 0 amide bonds. The van der Waals surface area contributed by atoms with Gasteiger partial charge in [-0.15, -0.1) is 10.2 Å². The Kier molecular flexibility index (Phi) is 10.4. The zero-order valence-corrected chi connectivity index (χ0v) is 25.0. The molecular weight excluding hydrogens is 558 g/mol. The number of aliphatic carboxylic acids is 1. The Morgan fingerprint density at radius 3 is 2.45 bits per heavy atom. The summed E-state index contributed by atoms with van der Waals surface area (Å²) in [5.41, 5.74) is 4.73. The molecule has 222 valence electrons. The molecule has 0 aliphatic carbocycles. The van der Waals surface area contributed by atoms with E-state index in [2.05, 4.69) is 61.4 Å². The maximum atomic E-state index is 12.5. The highest BCUT2D eigenvalue weighted by molar-refractivity contribution is 6.30. The van der Waals surface area contributed by atoms with Crippen LogP contribution in [0.1, 0.15) is 50.2 Å². The fourth-order valence-corrected chi connectivity index (χ4v) is 5.10. The van der Waals surface area contributed by atoms with Crippen LogP contribution in [-0.2, 0) is 33.7 Å². The van der Waals surface area contributed by atoms with Crippen LogP contribution in [0.15, 0.2) is 48.5 Å². The van der Waals surface area contributed by atoms with Crippen molar-refractivity contribution in [3.63, 3.8) is 0 Å². The fourth-order valence-electron chi connectivity index (χ4n) is 4.83. The first-order chi connectivity index (χ1) is 20.2. The Hall–Kier alpha value is -4.09. The van der Waals surface area contributed by atoms with E-state index >= 15 is 0 Å². The molecule has 0 spiro atoms. The normalized spacial score (nSPS) is 12.8. The monoisotopic (exact) mass is 593 g/mol.